The highest BCUT2D eigenvalue weighted by atomic mass is 19.4. The first-order valence-electron chi connectivity index (χ1n) is 8.41. The van der Waals surface area contributed by atoms with Gasteiger partial charge in [0, 0.05) is 16.8 Å². The molecule has 0 amide bonds. The fourth-order valence-corrected chi connectivity index (χ4v) is 3.02. The van der Waals surface area contributed by atoms with Crippen LogP contribution >= 0.6 is 0 Å². The van der Waals surface area contributed by atoms with E-state index in [-0.39, 0.29) is 5.54 Å². The number of fused-ring (bicyclic) bond motifs is 1. The van der Waals surface area contributed by atoms with Gasteiger partial charge in [0.15, 0.2) is 0 Å². The minimum Gasteiger partial charge on any atom is -0.365 e. The van der Waals surface area contributed by atoms with Crippen LogP contribution < -0.4 is 5.32 Å². The number of alkyl halides is 3. The molecule has 1 N–H and O–H groups in total. The van der Waals surface area contributed by atoms with Crippen LogP contribution in [-0.2, 0) is 6.18 Å². The molecule has 0 saturated heterocycles. The van der Waals surface area contributed by atoms with Crippen molar-refractivity contribution in [1.29, 1.82) is 0 Å². The molecule has 0 saturated carbocycles. The molecular formula is C20H22F3N3. The van der Waals surface area contributed by atoms with Crippen LogP contribution in [-0.4, -0.2) is 14.9 Å². The summed E-state index contributed by atoms with van der Waals surface area (Å²) in [4.78, 5) is 4.70. The summed E-state index contributed by atoms with van der Waals surface area (Å²) in [6.45, 7) is 10.1. The SMILES string of the molecule is Cc1cc(C)n2c(NC(C)(C)C)c(-c3ccc(C(F)(F)F)cc3)nc2c1. The van der Waals surface area contributed by atoms with Gasteiger partial charge in [-0.1, -0.05) is 12.1 Å². The minimum absolute atomic E-state index is 0.228. The van der Waals surface area contributed by atoms with Crippen molar-refractivity contribution in [3.05, 3.63) is 53.2 Å². The Morgan fingerprint density at radius 1 is 0.962 bits per heavy atom. The molecule has 6 heteroatoms. The monoisotopic (exact) mass is 361 g/mol. The zero-order valence-electron chi connectivity index (χ0n) is 15.5. The molecule has 0 aliphatic heterocycles. The van der Waals surface area contributed by atoms with Crippen molar-refractivity contribution in [1.82, 2.24) is 9.38 Å². The van der Waals surface area contributed by atoms with Gasteiger partial charge in [-0.15, -0.1) is 0 Å². The van der Waals surface area contributed by atoms with Gasteiger partial charge in [0.2, 0.25) is 0 Å². The molecule has 0 unspecified atom stereocenters. The number of halogens is 3. The average Bonchev–Trinajstić information content (AvgIpc) is 2.83. The Morgan fingerprint density at radius 3 is 2.12 bits per heavy atom. The molecule has 0 aliphatic rings. The molecule has 138 valence electrons. The van der Waals surface area contributed by atoms with Crippen molar-refractivity contribution in [2.75, 3.05) is 5.32 Å². The Morgan fingerprint density at radius 2 is 1.58 bits per heavy atom. The second-order valence-corrected chi connectivity index (χ2v) is 7.63. The highest BCUT2D eigenvalue weighted by Crippen LogP contribution is 2.35. The van der Waals surface area contributed by atoms with E-state index in [0.29, 0.717) is 11.3 Å². The summed E-state index contributed by atoms with van der Waals surface area (Å²) in [5.41, 5.74) is 3.26. The normalized spacial score (nSPS) is 12.6. The summed E-state index contributed by atoms with van der Waals surface area (Å²) in [5.74, 6) is 0.782. The van der Waals surface area contributed by atoms with Crippen molar-refractivity contribution >= 4 is 11.5 Å². The molecule has 0 bridgehead atoms. The highest BCUT2D eigenvalue weighted by Gasteiger charge is 2.30. The van der Waals surface area contributed by atoms with E-state index < -0.39 is 11.7 Å². The summed E-state index contributed by atoms with van der Waals surface area (Å²) in [7, 11) is 0. The number of anilines is 1. The lowest BCUT2D eigenvalue weighted by Crippen LogP contribution is -2.27. The van der Waals surface area contributed by atoms with Gasteiger partial charge in [-0.25, -0.2) is 4.98 Å². The second-order valence-electron chi connectivity index (χ2n) is 7.63. The lowest BCUT2D eigenvalue weighted by Gasteiger charge is -2.23. The molecule has 1 aromatic carbocycles. The third-order valence-corrected chi connectivity index (χ3v) is 4.03. The Balaban J connectivity index is 2.21. The molecule has 3 rings (SSSR count). The third kappa shape index (κ3) is 3.54. The summed E-state index contributed by atoms with van der Waals surface area (Å²) < 4.78 is 40.6. The van der Waals surface area contributed by atoms with Gasteiger partial charge >= 0.3 is 6.18 Å². The molecular weight excluding hydrogens is 339 g/mol. The fraction of sp³-hybridized carbons (Fsp3) is 0.350. The lowest BCUT2D eigenvalue weighted by atomic mass is 10.1. The maximum Gasteiger partial charge on any atom is 0.416 e. The largest absolute Gasteiger partial charge is 0.416 e. The molecule has 0 radical (unpaired) electrons. The number of aryl methyl sites for hydroxylation is 2. The summed E-state index contributed by atoms with van der Waals surface area (Å²) >= 11 is 0. The smallest absolute Gasteiger partial charge is 0.365 e. The number of hydrogen-bond acceptors (Lipinski definition) is 2. The minimum atomic E-state index is -4.35. The quantitative estimate of drug-likeness (QED) is 0.621. The fourth-order valence-electron chi connectivity index (χ4n) is 3.02. The molecule has 26 heavy (non-hydrogen) atoms. The summed E-state index contributed by atoms with van der Waals surface area (Å²) in [6, 6.07) is 9.16. The predicted octanol–water partition coefficient (Wildman–Crippen LogP) is 5.85. The van der Waals surface area contributed by atoms with Crippen LogP contribution in [0.1, 0.15) is 37.6 Å². The van der Waals surface area contributed by atoms with Crippen molar-refractivity contribution in [3.8, 4) is 11.3 Å². The molecule has 0 atom stereocenters. The van der Waals surface area contributed by atoms with Gasteiger partial charge in [-0.2, -0.15) is 13.2 Å². The molecule has 0 aliphatic carbocycles. The first-order valence-corrected chi connectivity index (χ1v) is 8.41. The van der Waals surface area contributed by atoms with Crippen molar-refractivity contribution < 1.29 is 13.2 Å². The molecule has 3 nitrogen and oxygen atoms in total. The van der Waals surface area contributed by atoms with Gasteiger partial charge in [-0.05, 0) is 64.4 Å². The zero-order chi connectivity index (χ0) is 19.3. The van der Waals surface area contributed by atoms with Crippen LogP contribution in [0.4, 0.5) is 19.0 Å². The summed E-state index contributed by atoms with van der Waals surface area (Å²) in [5, 5.41) is 3.45. The molecule has 0 fully saturated rings. The number of pyridine rings is 1. The Kier molecular flexibility index (Phi) is 4.25. The van der Waals surface area contributed by atoms with Gasteiger partial charge in [-0.3, -0.25) is 4.40 Å². The maximum absolute atomic E-state index is 12.9. The van der Waals surface area contributed by atoms with E-state index >= 15 is 0 Å². The van der Waals surface area contributed by atoms with Crippen LogP contribution in [0.2, 0.25) is 0 Å². The standard InChI is InChI=1S/C20H22F3N3/c1-12-10-13(2)26-16(11-12)24-17(18(26)25-19(3,4)5)14-6-8-15(9-7-14)20(21,22)23/h6-11,25H,1-5H3. The first kappa shape index (κ1) is 18.3. The van der Waals surface area contributed by atoms with Crippen LogP contribution in [0, 0.1) is 13.8 Å². The molecule has 2 aromatic heterocycles. The topological polar surface area (TPSA) is 29.3 Å². The summed E-state index contributed by atoms with van der Waals surface area (Å²) in [6.07, 6.45) is -4.35. The van der Waals surface area contributed by atoms with Crippen LogP contribution in [0.15, 0.2) is 36.4 Å². The first-order chi connectivity index (χ1) is 12.0. The van der Waals surface area contributed by atoms with Crippen molar-refractivity contribution in [2.45, 2.75) is 46.3 Å². The number of hydrogen-bond donors (Lipinski definition) is 1. The van der Waals surface area contributed by atoms with E-state index in [9.17, 15) is 13.2 Å². The lowest BCUT2D eigenvalue weighted by molar-refractivity contribution is -0.137. The average molecular weight is 361 g/mol. The van der Waals surface area contributed by atoms with E-state index in [1.807, 2.05) is 45.1 Å². The van der Waals surface area contributed by atoms with Crippen LogP contribution in [0.3, 0.4) is 0 Å². The third-order valence-electron chi connectivity index (χ3n) is 4.03. The number of imidazole rings is 1. The number of nitrogens with zero attached hydrogens (tertiary/aromatic N) is 2. The number of nitrogens with one attached hydrogen (secondary N) is 1. The van der Waals surface area contributed by atoms with E-state index in [1.165, 1.54) is 12.1 Å². The van der Waals surface area contributed by atoms with E-state index in [2.05, 4.69) is 11.4 Å². The van der Waals surface area contributed by atoms with E-state index in [4.69, 9.17) is 4.98 Å². The van der Waals surface area contributed by atoms with E-state index in [1.54, 1.807) is 0 Å². The van der Waals surface area contributed by atoms with Crippen LogP contribution in [0.5, 0.6) is 0 Å². The Labute approximate surface area is 150 Å². The number of aromatic nitrogens is 2. The Hall–Kier alpha value is -2.50. The number of benzene rings is 1. The van der Waals surface area contributed by atoms with Crippen LogP contribution in [0.25, 0.3) is 16.9 Å². The van der Waals surface area contributed by atoms with Gasteiger partial charge in [0.25, 0.3) is 0 Å². The Bertz CT molecular complexity index is 946. The molecule has 2 heterocycles. The number of rotatable bonds is 2. The van der Waals surface area contributed by atoms with Crippen molar-refractivity contribution in [3.63, 3.8) is 0 Å². The zero-order valence-corrected chi connectivity index (χ0v) is 15.5. The van der Waals surface area contributed by atoms with Gasteiger partial charge in [0.1, 0.15) is 17.2 Å². The highest BCUT2D eigenvalue weighted by molar-refractivity contribution is 5.77. The van der Waals surface area contributed by atoms with Gasteiger partial charge < -0.3 is 5.32 Å². The van der Waals surface area contributed by atoms with Gasteiger partial charge in [0.05, 0.1) is 5.56 Å². The maximum atomic E-state index is 12.9. The van der Waals surface area contributed by atoms with Crippen molar-refractivity contribution in [2.24, 2.45) is 0 Å². The molecule has 3 aromatic rings. The van der Waals surface area contributed by atoms with E-state index in [0.717, 1.165) is 34.9 Å². The predicted molar refractivity (Wildman–Crippen MR) is 98.5 cm³/mol. The molecule has 0 spiro atoms. The second kappa shape index (κ2) is 6.04.